The maximum atomic E-state index is 11.5. The third-order valence-corrected chi connectivity index (χ3v) is 4.05. The molecule has 0 spiro atoms. The SMILES string of the molecule is O=C=C(c1ccccc1)c1ccccc1-c1cccs1. The lowest BCUT2D eigenvalue weighted by molar-refractivity contribution is 0.569. The highest BCUT2D eigenvalue weighted by atomic mass is 32.1. The Hall–Kier alpha value is -2.41. The molecule has 2 aromatic carbocycles. The zero-order valence-corrected chi connectivity index (χ0v) is 11.6. The van der Waals surface area contributed by atoms with E-state index in [9.17, 15) is 4.79 Å². The molecule has 1 nitrogen and oxygen atoms in total. The molecule has 1 aromatic heterocycles. The van der Waals surface area contributed by atoms with Crippen molar-refractivity contribution >= 4 is 22.9 Å². The van der Waals surface area contributed by atoms with Crippen LogP contribution >= 0.6 is 11.3 Å². The lowest BCUT2D eigenvalue weighted by atomic mass is 9.94. The van der Waals surface area contributed by atoms with Crippen LogP contribution in [0.15, 0.2) is 72.1 Å². The van der Waals surface area contributed by atoms with Gasteiger partial charge in [-0.2, -0.15) is 0 Å². The molecule has 0 fully saturated rings. The van der Waals surface area contributed by atoms with Crippen LogP contribution in [0.4, 0.5) is 0 Å². The molecule has 1 heterocycles. The van der Waals surface area contributed by atoms with E-state index in [2.05, 4.69) is 12.0 Å². The third kappa shape index (κ3) is 2.35. The maximum absolute atomic E-state index is 11.5. The van der Waals surface area contributed by atoms with Gasteiger partial charge >= 0.3 is 0 Å². The molecule has 0 saturated heterocycles. The lowest BCUT2D eigenvalue weighted by Crippen LogP contribution is -1.91. The van der Waals surface area contributed by atoms with E-state index in [1.54, 1.807) is 11.3 Å². The Balaban J connectivity index is 2.18. The quantitative estimate of drug-likeness (QED) is 0.635. The standard InChI is InChI=1S/C18H12OS/c19-13-17(14-7-2-1-3-8-14)15-9-4-5-10-16(15)18-11-6-12-20-18/h1-12H. The molecular weight excluding hydrogens is 264 g/mol. The van der Waals surface area contributed by atoms with Gasteiger partial charge in [-0.15, -0.1) is 11.3 Å². The summed E-state index contributed by atoms with van der Waals surface area (Å²) in [5.74, 6) is 2.11. The summed E-state index contributed by atoms with van der Waals surface area (Å²) in [5, 5.41) is 2.04. The number of rotatable bonds is 3. The molecule has 0 amide bonds. The number of thiophene rings is 1. The first-order valence-electron chi connectivity index (χ1n) is 6.34. The Morgan fingerprint density at radius 2 is 1.60 bits per heavy atom. The van der Waals surface area contributed by atoms with E-state index in [1.807, 2.05) is 66.0 Å². The van der Waals surface area contributed by atoms with Crippen molar-refractivity contribution < 1.29 is 4.79 Å². The number of hydrogen-bond acceptors (Lipinski definition) is 2. The first kappa shape index (κ1) is 12.6. The monoisotopic (exact) mass is 276 g/mol. The van der Waals surface area contributed by atoms with E-state index in [4.69, 9.17) is 0 Å². The van der Waals surface area contributed by atoms with E-state index >= 15 is 0 Å². The fourth-order valence-electron chi connectivity index (χ4n) is 2.22. The predicted octanol–water partition coefficient (Wildman–Crippen LogP) is 4.68. The van der Waals surface area contributed by atoms with Crippen molar-refractivity contribution in [1.29, 1.82) is 0 Å². The first-order valence-corrected chi connectivity index (χ1v) is 7.22. The van der Waals surface area contributed by atoms with Gasteiger partial charge in [0.1, 0.15) is 5.94 Å². The summed E-state index contributed by atoms with van der Waals surface area (Å²) >= 11 is 1.67. The minimum atomic E-state index is 0.606. The normalized spacial score (nSPS) is 10.0. The van der Waals surface area contributed by atoms with Crippen LogP contribution < -0.4 is 0 Å². The zero-order chi connectivity index (χ0) is 13.8. The molecule has 20 heavy (non-hydrogen) atoms. The molecule has 0 unspecified atom stereocenters. The fourth-order valence-corrected chi connectivity index (χ4v) is 2.99. The van der Waals surface area contributed by atoms with Gasteiger partial charge in [-0.05, 0) is 17.0 Å². The van der Waals surface area contributed by atoms with Crippen molar-refractivity contribution in [3.05, 3.63) is 83.2 Å². The van der Waals surface area contributed by atoms with Gasteiger partial charge in [0, 0.05) is 16.0 Å². The molecule has 0 aliphatic heterocycles. The van der Waals surface area contributed by atoms with Crippen molar-refractivity contribution in [3.63, 3.8) is 0 Å². The van der Waals surface area contributed by atoms with E-state index < -0.39 is 0 Å². The van der Waals surface area contributed by atoms with Crippen LogP contribution in [0.1, 0.15) is 11.1 Å². The zero-order valence-electron chi connectivity index (χ0n) is 10.7. The van der Waals surface area contributed by atoms with Crippen LogP contribution in [-0.2, 0) is 4.79 Å². The second-order valence-corrected chi connectivity index (χ2v) is 5.31. The molecule has 0 aliphatic carbocycles. The Kier molecular flexibility index (Phi) is 3.60. The van der Waals surface area contributed by atoms with Crippen LogP contribution in [-0.4, -0.2) is 5.94 Å². The van der Waals surface area contributed by atoms with Gasteiger partial charge in [0.15, 0.2) is 0 Å². The van der Waals surface area contributed by atoms with E-state index in [0.717, 1.165) is 21.6 Å². The minimum Gasteiger partial charge on any atom is -0.233 e. The molecule has 0 aliphatic rings. The second kappa shape index (κ2) is 5.70. The van der Waals surface area contributed by atoms with E-state index in [0.29, 0.717) is 5.57 Å². The largest absolute Gasteiger partial charge is 0.233 e. The van der Waals surface area contributed by atoms with Crippen LogP contribution in [0.5, 0.6) is 0 Å². The van der Waals surface area contributed by atoms with Crippen LogP contribution in [0.3, 0.4) is 0 Å². The Morgan fingerprint density at radius 1 is 0.850 bits per heavy atom. The third-order valence-electron chi connectivity index (χ3n) is 3.15. The Bertz CT molecular complexity index is 751. The number of carbonyl (C=O) groups excluding carboxylic acids is 1. The molecule has 96 valence electrons. The molecule has 0 N–H and O–H groups in total. The van der Waals surface area contributed by atoms with Gasteiger partial charge in [-0.3, -0.25) is 0 Å². The molecular formula is C18H12OS. The van der Waals surface area contributed by atoms with Gasteiger partial charge in [0.05, 0.1) is 5.57 Å². The van der Waals surface area contributed by atoms with E-state index in [-0.39, 0.29) is 0 Å². The van der Waals surface area contributed by atoms with Crippen LogP contribution in [0.25, 0.3) is 16.0 Å². The second-order valence-electron chi connectivity index (χ2n) is 4.37. The fraction of sp³-hybridized carbons (Fsp3) is 0. The first-order chi connectivity index (χ1) is 9.90. The van der Waals surface area contributed by atoms with Crippen molar-refractivity contribution in [2.75, 3.05) is 0 Å². The van der Waals surface area contributed by atoms with Crippen LogP contribution in [0.2, 0.25) is 0 Å². The highest BCUT2D eigenvalue weighted by molar-refractivity contribution is 7.13. The summed E-state index contributed by atoms with van der Waals surface area (Å²) in [6.45, 7) is 0. The van der Waals surface area contributed by atoms with E-state index in [1.165, 1.54) is 0 Å². The van der Waals surface area contributed by atoms with Crippen molar-refractivity contribution in [2.24, 2.45) is 0 Å². The molecule has 0 bridgehead atoms. The van der Waals surface area contributed by atoms with Gasteiger partial charge in [-0.1, -0.05) is 60.7 Å². The molecule has 0 atom stereocenters. The smallest absolute Gasteiger partial charge is 0.133 e. The lowest BCUT2D eigenvalue weighted by Gasteiger charge is -2.09. The minimum absolute atomic E-state index is 0.606. The van der Waals surface area contributed by atoms with Crippen molar-refractivity contribution in [1.82, 2.24) is 0 Å². The summed E-state index contributed by atoms with van der Waals surface area (Å²) in [4.78, 5) is 12.6. The number of hydrogen-bond donors (Lipinski definition) is 0. The summed E-state index contributed by atoms with van der Waals surface area (Å²) in [6, 6.07) is 21.7. The van der Waals surface area contributed by atoms with Gasteiger partial charge < -0.3 is 0 Å². The van der Waals surface area contributed by atoms with Crippen LogP contribution in [0, 0.1) is 0 Å². The summed E-state index contributed by atoms with van der Waals surface area (Å²) in [7, 11) is 0. The molecule has 3 rings (SSSR count). The molecule has 0 radical (unpaired) electrons. The Labute approximate surface area is 121 Å². The topological polar surface area (TPSA) is 17.1 Å². The maximum Gasteiger partial charge on any atom is 0.133 e. The molecule has 2 heteroatoms. The van der Waals surface area contributed by atoms with Crippen molar-refractivity contribution in [2.45, 2.75) is 0 Å². The Morgan fingerprint density at radius 3 is 2.30 bits per heavy atom. The predicted molar refractivity (Wildman–Crippen MR) is 84.4 cm³/mol. The van der Waals surface area contributed by atoms with Gasteiger partial charge in [0.25, 0.3) is 0 Å². The molecule has 3 aromatic rings. The average molecular weight is 276 g/mol. The van der Waals surface area contributed by atoms with Gasteiger partial charge in [-0.25, -0.2) is 4.79 Å². The summed E-state index contributed by atoms with van der Waals surface area (Å²) < 4.78 is 0. The highest BCUT2D eigenvalue weighted by Gasteiger charge is 2.12. The number of benzene rings is 2. The molecule has 0 saturated carbocycles. The summed E-state index contributed by atoms with van der Waals surface area (Å²) in [6.07, 6.45) is 0. The van der Waals surface area contributed by atoms with Gasteiger partial charge in [0.2, 0.25) is 0 Å². The van der Waals surface area contributed by atoms with Crippen molar-refractivity contribution in [3.8, 4) is 10.4 Å². The summed E-state index contributed by atoms with van der Waals surface area (Å²) in [5.41, 5.74) is 3.50. The average Bonchev–Trinajstić information content (AvgIpc) is 3.04. The highest BCUT2D eigenvalue weighted by Crippen LogP contribution is 2.33.